The third-order valence-corrected chi connectivity index (χ3v) is 3.30. The van der Waals surface area contributed by atoms with Gasteiger partial charge in [-0.25, -0.2) is 0 Å². The predicted octanol–water partition coefficient (Wildman–Crippen LogP) is 1.76. The second kappa shape index (κ2) is 6.60. The smallest absolute Gasteiger partial charge is 0.235 e. The van der Waals surface area contributed by atoms with Crippen molar-refractivity contribution in [2.24, 2.45) is 5.92 Å². The van der Waals surface area contributed by atoms with Crippen LogP contribution in [-0.2, 0) is 4.79 Å². The van der Waals surface area contributed by atoms with Crippen molar-refractivity contribution in [1.82, 2.24) is 4.90 Å². The molecule has 0 spiro atoms. The molecule has 0 aromatic heterocycles. The van der Waals surface area contributed by atoms with Gasteiger partial charge >= 0.3 is 0 Å². The fraction of sp³-hybridized carbons (Fsp3) is 0.889. The van der Waals surface area contributed by atoms with Gasteiger partial charge < -0.3 is 4.90 Å². The second-order valence-corrected chi connectivity index (χ2v) is 4.98. The Morgan fingerprint density at radius 1 is 1.54 bits per heavy atom. The van der Waals surface area contributed by atoms with E-state index in [4.69, 9.17) is 0 Å². The van der Waals surface area contributed by atoms with Crippen LogP contribution in [0.25, 0.3) is 0 Å². The Morgan fingerprint density at radius 2 is 2.08 bits per heavy atom. The Labute approximate surface area is 90.9 Å². The zero-order valence-electron chi connectivity index (χ0n) is 8.78. The number of nitrogens with zero attached hydrogens (tertiary/aromatic N) is 1. The molecule has 0 aromatic rings. The summed E-state index contributed by atoms with van der Waals surface area (Å²) in [6.45, 7) is 4.83. The van der Waals surface area contributed by atoms with Gasteiger partial charge in [0.25, 0.3) is 0 Å². The summed E-state index contributed by atoms with van der Waals surface area (Å²) in [6, 6.07) is 0. The molecule has 1 unspecified atom stereocenters. The molecule has 0 bridgehead atoms. The minimum atomic E-state index is -0.160. The van der Waals surface area contributed by atoms with Gasteiger partial charge in [-0.2, -0.15) is 24.4 Å². The number of hydrogen-bond acceptors (Lipinski definition) is 3. The zero-order chi connectivity index (χ0) is 10.4. The SMILES string of the molecule is CSCCN(C)C(=O)C(S)C(C)C. The number of thiol groups is 1. The molecule has 0 aliphatic heterocycles. The Kier molecular flexibility index (Phi) is 6.68. The van der Waals surface area contributed by atoms with E-state index in [1.165, 1.54) is 0 Å². The van der Waals surface area contributed by atoms with Crippen LogP contribution in [0.5, 0.6) is 0 Å². The highest BCUT2D eigenvalue weighted by molar-refractivity contribution is 7.98. The summed E-state index contributed by atoms with van der Waals surface area (Å²) in [5, 5.41) is -0.160. The Morgan fingerprint density at radius 3 is 2.46 bits per heavy atom. The molecule has 0 rings (SSSR count). The van der Waals surface area contributed by atoms with Gasteiger partial charge in [-0.1, -0.05) is 13.8 Å². The summed E-state index contributed by atoms with van der Waals surface area (Å²) in [5.41, 5.74) is 0. The van der Waals surface area contributed by atoms with E-state index in [0.29, 0.717) is 5.92 Å². The van der Waals surface area contributed by atoms with Gasteiger partial charge in [-0.15, -0.1) is 0 Å². The maximum atomic E-state index is 11.6. The first-order valence-corrected chi connectivity index (χ1v) is 6.33. The highest BCUT2D eigenvalue weighted by Gasteiger charge is 2.20. The minimum absolute atomic E-state index is 0.132. The van der Waals surface area contributed by atoms with Crippen molar-refractivity contribution in [3.63, 3.8) is 0 Å². The summed E-state index contributed by atoms with van der Waals surface area (Å²) >= 11 is 6.03. The number of thioether (sulfide) groups is 1. The monoisotopic (exact) mass is 221 g/mol. The fourth-order valence-corrected chi connectivity index (χ4v) is 1.50. The van der Waals surface area contributed by atoms with Gasteiger partial charge in [-0.05, 0) is 12.2 Å². The van der Waals surface area contributed by atoms with E-state index in [-0.39, 0.29) is 11.2 Å². The van der Waals surface area contributed by atoms with E-state index in [1.54, 1.807) is 16.7 Å². The third-order valence-electron chi connectivity index (χ3n) is 1.89. The maximum absolute atomic E-state index is 11.6. The van der Waals surface area contributed by atoms with Crippen molar-refractivity contribution in [2.75, 3.05) is 25.6 Å². The first-order chi connectivity index (χ1) is 6.00. The van der Waals surface area contributed by atoms with E-state index < -0.39 is 0 Å². The molecule has 1 amide bonds. The molecule has 0 radical (unpaired) electrons. The van der Waals surface area contributed by atoms with Crippen molar-refractivity contribution >= 4 is 30.3 Å². The van der Waals surface area contributed by atoms with Crippen molar-refractivity contribution < 1.29 is 4.79 Å². The van der Waals surface area contributed by atoms with Crippen molar-refractivity contribution in [3.8, 4) is 0 Å². The van der Waals surface area contributed by atoms with Crippen LogP contribution in [0.1, 0.15) is 13.8 Å². The second-order valence-electron chi connectivity index (χ2n) is 3.44. The number of carbonyl (C=O) groups is 1. The van der Waals surface area contributed by atoms with Gasteiger partial charge in [0.05, 0.1) is 5.25 Å². The van der Waals surface area contributed by atoms with Crippen LogP contribution in [-0.4, -0.2) is 41.7 Å². The molecule has 0 saturated heterocycles. The Balaban J connectivity index is 3.94. The molecule has 0 aliphatic rings. The van der Waals surface area contributed by atoms with E-state index in [1.807, 2.05) is 27.2 Å². The van der Waals surface area contributed by atoms with E-state index in [0.717, 1.165) is 12.3 Å². The molecule has 0 aromatic carbocycles. The van der Waals surface area contributed by atoms with Gasteiger partial charge in [-0.3, -0.25) is 4.79 Å². The number of amides is 1. The molecule has 0 saturated carbocycles. The number of carbonyl (C=O) groups excluding carboxylic acids is 1. The summed E-state index contributed by atoms with van der Waals surface area (Å²) in [5.74, 6) is 1.42. The molecule has 0 N–H and O–H groups in total. The highest BCUT2D eigenvalue weighted by Crippen LogP contribution is 2.11. The van der Waals surface area contributed by atoms with Gasteiger partial charge in [0.15, 0.2) is 0 Å². The highest BCUT2D eigenvalue weighted by atomic mass is 32.2. The van der Waals surface area contributed by atoms with Crippen LogP contribution in [0.2, 0.25) is 0 Å². The number of rotatable bonds is 5. The van der Waals surface area contributed by atoms with E-state index >= 15 is 0 Å². The van der Waals surface area contributed by atoms with Gasteiger partial charge in [0, 0.05) is 19.3 Å². The molecule has 0 aliphatic carbocycles. The molecule has 13 heavy (non-hydrogen) atoms. The van der Waals surface area contributed by atoms with Crippen molar-refractivity contribution in [1.29, 1.82) is 0 Å². The molecule has 0 fully saturated rings. The summed E-state index contributed by atoms with van der Waals surface area (Å²) in [6.07, 6.45) is 2.04. The third kappa shape index (κ3) is 4.81. The molecule has 4 heteroatoms. The topological polar surface area (TPSA) is 20.3 Å². The Hall–Kier alpha value is 0.170. The maximum Gasteiger partial charge on any atom is 0.235 e. The summed E-state index contributed by atoms with van der Waals surface area (Å²) in [7, 11) is 1.84. The largest absolute Gasteiger partial charge is 0.344 e. The van der Waals surface area contributed by atoms with Crippen molar-refractivity contribution in [2.45, 2.75) is 19.1 Å². The lowest BCUT2D eigenvalue weighted by Gasteiger charge is -2.22. The van der Waals surface area contributed by atoms with Crippen LogP contribution in [0.3, 0.4) is 0 Å². The summed E-state index contributed by atoms with van der Waals surface area (Å²) in [4.78, 5) is 13.4. The molecular formula is C9H19NOS2. The molecule has 0 heterocycles. The van der Waals surface area contributed by atoms with Gasteiger partial charge in [0.1, 0.15) is 0 Å². The average Bonchev–Trinajstić information content (AvgIpc) is 2.11. The lowest BCUT2D eigenvalue weighted by Crippen LogP contribution is -2.37. The van der Waals surface area contributed by atoms with Gasteiger partial charge in [0.2, 0.25) is 5.91 Å². The van der Waals surface area contributed by atoms with E-state index in [9.17, 15) is 4.79 Å². The quantitative estimate of drug-likeness (QED) is 0.714. The summed E-state index contributed by atoms with van der Waals surface area (Å²) < 4.78 is 0. The molecular weight excluding hydrogens is 202 g/mol. The average molecular weight is 221 g/mol. The lowest BCUT2D eigenvalue weighted by atomic mass is 10.1. The van der Waals surface area contributed by atoms with E-state index in [2.05, 4.69) is 12.6 Å². The zero-order valence-corrected chi connectivity index (χ0v) is 10.5. The normalized spacial score (nSPS) is 13.1. The van der Waals surface area contributed by atoms with Crippen LogP contribution >= 0.6 is 24.4 Å². The molecule has 78 valence electrons. The first kappa shape index (κ1) is 13.2. The first-order valence-electron chi connectivity index (χ1n) is 4.42. The van der Waals surface area contributed by atoms with Crippen LogP contribution in [0.15, 0.2) is 0 Å². The Bertz CT molecular complexity index is 162. The fourth-order valence-electron chi connectivity index (χ4n) is 0.849. The number of hydrogen-bond donors (Lipinski definition) is 1. The van der Waals surface area contributed by atoms with Crippen LogP contribution in [0, 0.1) is 5.92 Å². The standard InChI is InChI=1S/C9H19NOS2/c1-7(2)8(12)9(11)10(3)5-6-13-4/h7-8,12H,5-6H2,1-4H3. The predicted molar refractivity (Wildman–Crippen MR) is 63.6 cm³/mol. The lowest BCUT2D eigenvalue weighted by molar-refractivity contribution is -0.129. The minimum Gasteiger partial charge on any atom is -0.344 e. The molecule has 1 atom stereocenters. The molecule has 2 nitrogen and oxygen atoms in total. The van der Waals surface area contributed by atoms with Crippen LogP contribution < -0.4 is 0 Å². The van der Waals surface area contributed by atoms with Crippen molar-refractivity contribution in [3.05, 3.63) is 0 Å². The van der Waals surface area contributed by atoms with Crippen LogP contribution in [0.4, 0.5) is 0 Å².